The number of hydrogen-bond donors (Lipinski definition) is 0. The average molecular weight is 249 g/mol. The van der Waals surface area contributed by atoms with Crippen molar-refractivity contribution in [2.45, 2.75) is 32.6 Å². The molecule has 2 atom stereocenters. The van der Waals surface area contributed by atoms with Gasteiger partial charge in [0.15, 0.2) is 0 Å². The van der Waals surface area contributed by atoms with Gasteiger partial charge in [0.25, 0.3) is 0 Å². The lowest BCUT2D eigenvalue weighted by Crippen LogP contribution is -2.48. The standard InChI is InChI=1S/C18H19N/c1-18(2)13-10-15(18)14-8-9-16(19-17(14)11-13)12-6-4-3-5-7-12/h3-9,13,15H,10-11H2,1-2H3/t13-,15+/m1/s1. The number of aromatic nitrogens is 1. The Morgan fingerprint density at radius 1 is 1.05 bits per heavy atom. The summed E-state index contributed by atoms with van der Waals surface area (Å²) in [5.74, 6) is 1.57. The summed E-state index contributed by atoms with van der Waals surface area (Å²) >= 11 is 0. The Kier molecular flexibility index (Phi) is 2.18. The summed E-state index contributed by atoms with van der Waals surface area (Å²) in [6, 6.07) is 15.0. The third-order valence-corrected chi connectivity index (χ3v) is 5.36. The second kappa shape index (κ2) is 3.69. The molecule has 0 unspecified atom stereocenters. The van der Waals surface area contributed by atoms with Gasteiger partial charge in [0.1, 0.15) is 0 Å². The predicted molar refractivity (Wildman–Crippen MR) is 78.0 cm³/mol. The maximum absolute atomic E-state index is 4.93. The minimum atomic E-state index is 0.489. The summed E-state index contributed by atoms with van der Waals surface area (Å²) in [7, 11) is 0. The topological polar surface area (TPSA) is 12.9 Å². The van der Waals surface area contributed by atoms with Crippen LogP contribution in [0.3, 0.4) is 0 Å². The van der Waals surface area contributed by atoms with Gasteiger partial charge in [0, 0.05) is 11.3 Å². The first-order valence-electron chi connectivity index (χ1n) is 7.21. The summed E-state index contributed by atoms with van der Waals surface area (Å²) in [4.78, 5) is 4.93. The molecule has 1 aromatic carbocycles. The number of pyridine rings is 1. The molecule has 96 valence electrons. The van der Waals surface area contributed by atoms with Crippen LogP contribution in [0.1, 0.15) is 37.4 Å². The van der Waals surface area contributed by atoms with Gasteiger partial charge in [0.05, 0.1) is 5.69 Å². The van der Waals surface area contributed by atoms with Crippen molar-refractivity contribution in [3.63, 3.8) is 0 Å². The monoisotopic (exact) mass is 249 g/mol. The molecule has 1 heterocycles. The summed E-state index contributed by atoms with van der Waals surface area (Å²) in [6.07, 6.45) is 2.53. The van der Waals surface area contributed by atoms with Crippen LogP contribution in [0, 0.1) is 11.3 Å². The molecule has 2 bridgehead atoms. The van der Waals surface area contributed by atoms with Crippen LogP contribution in [0.2, 0.25) is 0 Å². The molecule has 0 saturated heterocycles. The zero-order valence-corrected chi connectivity index (χ0v) is 11.6. The third-order valence-electron chi connectivity index (χ3n) is 5.36. The molecule has 0 spiro atoms. The Hall–Kier alpha value is -1.63. The minimum absolute atomic E-state index is 0.489. The molecule has 3 aliphatic carbocycles. The molecule has 1 saturated carbocycles. The van der Waals surface area contributed by atoms with E-state index in [1.54, 1.807) is 0 Å². The lowest BCUT2D eigenvalue weighted by molar-refractivity contribution is 0.0170. The molecule has 1 fully saturated rings. The summed E-state index contributed by atoms with van der Waals surface area (Å²) < 4.78 is 0. The van der Waals surface area contributed by atoms with E-state index in [1.165, 1.54) is 29.7 Å². The highest BCUT2D eigenvalue weighted by Gasteiger charge is 2.52. The first-order valence-corrected chi connectivity index (χ1v) is 7.21. The van der Waals surface area contributed by atoms with Crippen LogP contribution in [0.4, 0.5) is 0 Å². The highest BCUT2D eigenvalue weighted by Crippen LogP contribution is 2.61. The van der Waals surface area contributed by atoms with Crippen LogP contribution in [0.5, 0.6) is 0 Å². The molecule has 0 amide bonds. The maximum atomic E-state index is 4.93. The van der Waals surface area contributed by atoms with Gasteiger partial charge in [-0.15, -0.1) is 0 Å². The summed E-state index contributed by atoms with van der Waals surface area (Å²) in [6.45, 7) is 4.83. The number of rotatable bonds is 1. The molecule has 3 aliphatic rings. The van der Waals surface area contributed by atoms with Crippen molar-refractivity contribution in [1.82, 2.24) is 4.98 Å². The Morgan fingerprint density at radius 3 is 2.58 bits per heavy atom. The Morgan fingerprint density at radius 2 is 1.84 bits per heavy atom. The molecule has 0 aliphatic heterocycles. The molecular weight excluding hydrogens is 230 g/mol. The van der Waals surface area contributed by atoms with Gasteiger partial charge in [0.2, 0.25) is 0 Å². The van der Waals surface area contributed by atoms with Crippen molar-refractivity contribution in [2.75, 3.05) is 0 Å². The van der Waals surface area contributed by atoms with Crippen molar-refractivity contribution >= 4 is 0 Å². The Labute approximate surface area is 114 Å². The van der Waals surface area contributed by atoms with Gasteiger partial charge < -0.3 is 0 Å². The van der Waals surface area contributed by atoms with E-state index >= 15 is 0 Å². The summed E-state index contributed by atoms with van der Waals surface area (Å²) in [5.41, 5.74) is 5.69. The number of benzene rings is 1. The normalized spacial score (nSPS) is 26.4. The first kappa shape index (κ1) is 11.2. The fourth-order valence-corrected chi connectivity index (χ4v) is 3.89. The van der Waals surface area contributed by atoms with Crippen molar-refractivity contribution < 1.29 is 0 Å². The van der Waals surface area contributed by atoms with Crippen LogP contribution >= 0.6 is 0 Å². The van der Waals surface area contributed by atoms with E-state index in [0.717, 1.165) is 17.5 Å². The largest absolute Gasteiger partial charge is 0.253 e. The Balaban J connectivity index is 1.78. The van der Waals surface area contributed by atoms with Crippen LogP contribution in [-0.4, -0.2) is 4.98 Å². The lowest BCUT2D eigenvalue weighted by atomic mass is 9.48. The molecule has 2 aromatic rings. The molecule has 1 heteroatoms. The maximum Gasteiger partial charge on any atom is 0.0705 e. The van der Waals surface area contributed by atoms with Crippen LogP contribution in [0.15, 0.2) is 42.5 Å². The van der Waals surface area contributed by atoms with E-state index in [-0.39, 0.29) is 0 Å². The van der Waals surface area contributed by atoms with Gasteiger partial charge in [-0.25, -0.2) is 0 Å². The number of nitrogens with zero attached hydrogens (tertiary/aromatic N) is 1. The smallest absolute Gasteiger partial charge is 0.0705 e. The van der Waals surface area contributed by atoms with Gasteiger partial charge in [-0.05, 0) is 41.7 Å². The molecule has 5 rings (SSSR count). The summed E-state index contributed by atoms with van der Waals surface area (Å²) in [5, 5.41) is 0. The average Bonchev–Trinajstić information content (AvgIpc) is 2.46. The molecule has 1 aromatic heterocycles. The molecular formula is C18H19N. The first-order chi connectivity index (χ1) is 9.16. The highest BCUT2D eigenvalue weighted by atomic mass is 14.8. The quantitative estimate of drug-likeness (QED) is 0.728. The van der Waals surface area contributed by atoms with Crippen molar-refractivity contribution in [1.29, 1.82) is 0 Å². The third kappa shape index (κ3) is 1.51. The highest BCUT2D eigenvalue weighted by molar-refractivity contribution is 5.60. The second-order valence-corrected chi connectivity index (χ2v) is 6.61. The van der Waals surface area contributed by atoms with Gasteiger partial charge >= 0.3 is 0 Å². The van der Waals surface area contributed by atoms with Crippen LogP contribution < -0.4 is 0 Å². The van der Waals surface area contributed by atoms with E-state index in [9.17, 15) is 0 Å². The van der Waals surface area contributed by atoms with Crippen molar-refractivity contribution in [3.05, 3.63) is 53.7 Å². The van der Waals surface area contributed by atoms with Gasteiger partial charge in [-0.2, -0.15) is 0 Å². The van der Waals surface area contributed by atoms with E-state index in [0.29, 0.717) is 5.41 Å². The number of hydrogen-bond acceptors (Lipinski definition) is 1. The lowest BCUT2D eigenvalue weighted by Gasteiger charge is -2.56. The Bertz CT molecular complexity index is 627. The molecule has 0 radical (unpaired) electrons. The SMILES string of the molecule is CC1(C)[C@H]2Cc3nc(-c4ccccc4)ccc3[C@@H]1C2. The van der Waals surface area contributed by atoms with Crippen molar-refractivity contribution in [3.8, 4) is 11.3 Å². The fraction of sp³-hybridized carbons (Fsp3) is 0.389. The van der Waals surface area contributed by atoms with Crippen LogP contribution in [-0.2, 0) is 6.42 Å². The van der Waals surface area contributed by atoms with Gasteiger partial charge in [-0.3, -0.25) is 4.98 Å². The van der Waals surface area contributed by atoms with E-state index in [4.69, 9.17) is 4.98 Å². The predicted octanol–water partition coefficient (Wildman–Crippen LogP) is 4.43. The molecule has 1 nitrogen and oxygen atoms in total. The second-order valence-electron chi connectivity index (χ2n) is 6.61. The van der Waals surface area contributed by atoms with E-state index < -0.39 is 0 Å². The molecule has 19 heavy (non-hydrogen) atoms. The fourth-order valence-electron chi connectivity index (χ4n) is 3.89. The molecule has 0 N–H and O–H groups in total. The van der Waals surface area contributed by atoms with E-state index in [1.807, 2.05) is 0 Å². The zero-order chi connectivity index (χ0) is 13.0. The van der Waals surface area contributed by atoms with E-state index in [2.05, 4.69) is 56.3 Å². The minimum Gasteiger partial charge on any atom is -0.253 e. The zero-order valence-electron chi connectivity index (χ0n) is 11.6. The van der Waals surface area contributed by atoms with Gasteiger partial charge in [-0.1, -0.05) is 50.2 Å². The van der Waals surface area contributed by atoms with Crippen molar-refractivity contribution in [2.24, 2.45) is 11.3 Å². The van der Waals surface area contributed by atoms with Crippen LogP contribution in [0.25, 0.3) is 11.3 Å².